The summed E-state index contributed by atoms with van der Waals surface area (Å²) in [6.07, 6.45) is 3.90. The Balaban J connectivity index is 2.05. The van der Waals surface area contributed by atoms with Gasteiger partial charge in [0.15, 0.2) is 0 Å². The summed E-state index contributed by atoms with van der Waals surface area (Å²) < 4.78 is 5.47. The minimum absolute atomic E-state index is 0.581. The van der Waals surface area contributed by atoms with Gasteiger partial charge in [-0.05, 0) is 36.4 Å². The molecule has 2 rings (SSSR count). The Kier molecular flexibility index (Phi) is 3.28. The van der Waals surface area contributed by atoms with E-state index in [0.717, 1.165) is 11.3 Å². The lowest BCUT2D eigenvalue weighted by atomic mass is 10.2. The SMILES string of the molecule is CC=CCOc1ccc(-c2nn[nH]n2)cc1. The van der Waals surface area contributed by atoms with Crippen LogP contribution in [0, 0.1) is 0 Å². The fourth-order valence-corrected chi connectivity index (χ4v) is 1.22. The Morgan fingerprint density at radius 3 is 2.75 bits per heavy atom. The minimum atomic E-state index is 0.581. The molecule has 0 bridgehead atoms. The molecule has 0 radical (unpaired) electrons. The Labute approximate surface area is 93.1 Å². The van der Waals surface area contributed by atoms with Gasteiger partial charge in [0.05, 0.1) is 0 Å². The van der Waals surface area contributed by atoms with E-state index in [2.05, 4.69) is 20.6 Å². The average molecular weight is 216 g/mol. The van der Waals surface area contributed by atoms with Crippen LogP contribution in [0.5, 0.6) is 5.75 Å². The second kappa shape index (κ2) is 5.06. The van der Waals surface area contributed by atoms with Gasteiger partial charge >= 0.3 is 0 Å². The third kappa shape index (κ3) is 2.44. The van der Waals surface area contributed by atoms with Crippen LogP contribution in [0.1, 0.15) is 6.92 Å². The summed E-state index contributed by atoms with van der Waals surface area (Å²) in [6.45, 7) is 2.54. The molecule has 0 atom stereocenters. The van der Waals surface area contributed by atoms with Crippen LogP contribution in [-0.4, -0.2) is 27.2 Å². The predicted molar refractivity (Wildman–Crippen MR) is 59.9 cm³/mol. The highest BCUT2D eigenvalue weighted by Gasteiger charge is 2.01. The number of H-pyrrole nitrogens is 1. The van der Waals surface area contributed by atoms with Gasteiger partial charge in [-0.1, -0.05) is 12.2 Å². The molecule has 5 nitrogen and oxygen atoms in total. The molecule has 1 N–H and O–H groups in total. The quantitative estimate of drug-likeness (QED) is 0.792. The van der Waals surface area contributed by atoms with Crippen LogP contribution >= 0.6 is 0 Å². The average Bonchev–Trinajstić information content (AvgIpc) is 2.84. The summed E-state index contributed by atoms with van der Waals surface area (Å²) in [7, 11) is 0. The fourth-order valence-electron chi connectivity index (χ4n) is 1.22. The van der Waals surface area contributed by atoms with Gasteiger partial charge < -0.3 is 4.74 Å². The molecular formula is C11H12N4O. The Bertz CT molecular complexity index is 447. The first-order valence-corrected chi connectivity index (χ1v) is 4.98. The number of aromatic amines is 1. The molecule has 0 saturated heterocycles. The molecular weight excluding hydrogens is 204 g/mol. The predicted octanol–water partition coefficient (Wildman–Crippen LogP) is 1.82. The molecule has 1 aromatic heterocycles. The Morgan fingerprint density at radius 1 is 1.31 bits per heavy atom. The van der Waals surface area contributed by atoms with Gasteiger partial charge in [0, 0.05) is 5.56 Å². The van der Waals surface area contributed by atoms with Crippen molar-refractivity contribution in [3.05, 3.63) is 36.4 Å². The molecule has 0 aliphatic carbocycles. The second-order valence-corrected chi connectivity index (χ2v) is 3.14. The highest BCUT2D eigenvalue weighted by atomic mass is 16.5. The first kappa shape index (κ1) is 10.4. The maximum Gasteiger partial charge on any atom is 0.204 e. The Hall–Kier alpha value is -2.17. The van der Waals surface area contributed by atoms with E-state index in [-0.39, 0.29) is 0 Å². The molecule has 0 amide bonds. The van der Waals surface area contributed by atoms with Crippen LogP contribution in [0.2, 0.25) is 0 Å². The highest BCUT2D eigenvalue weighted by molar-refractivity contribution is 5.54. The summed E-state index contributed by atoms with van der Waals surface area (Å²) in [5.74, 6) is 1.41. The summed E-state index contributed by atoms with van der Waals surface area (Å²) in [5.41, 5.74) is 0.909. The molecule has 0 aliphatic rings. The lowest BCUT2D eigenvalue weighted by molar-refractivity contribution is 0.363. The van der Waals surface area contributed by atoms with Gasteiger partial charge in [0.1, 0.15) is 12.4 Å². The molecule has 0 aliphatic heterocycles. The fraction of sp³-hybridized carbons (Fsp3) is 0.182. The van der Waals surface area contributed by atoms with Crippen LogP contribution in [0.4, 0.5) is 0 Å². The van der Waals surface area contributed by atoms with Crippen LogP contribution in [0.3, 0.4) is 0 Å². The van der Waals surface area contributed by atoms with E-state index in [1.54, 1.807) is 0 Å². The highest BCUT2D eigenvalue weighted by Crippen LogP contribution is 2.18. The molecule has 0 fully saturated rings. The van der Waals surface area contributed by atoms with Gasteiger partial charge in [-0.25, -0.2) is 0 Å². The smallest absolute Gasteiger partial charge is 0.204 e. The van der Waals surface area contributed by atoms with E-state index in [9.17, 15) is 0 Å². The summed E-state index contributed by atoms with van der Waals surface area (Å²) >= 11 is 0. The lowest BCUT2D eigenvalue weighted by Crippen LogP contribution is -1.92. The van der Waals surface area contributed by atoms with Crippen molar-refractivity contribution in [1.82, 2.24) is 20.6 Å². The van der Waals surface area contributed by atoms with Crippen molar-refractivity contribution >= 4 is 0 Å². The maximum atomic E-state index is 5.47. The van der Waals surface area contributed by atoms with Gasteiger partial charge in [-0.15, -0.1) is 10.2 Å². The molecule has 1 aromatic carbocycles. The van der Waals surface area contributed by atoms with E-state index in [0.29, 0.717) is 12.4 Å². The largest absolute Gasteiger partial charge is 0.490 e. The number of nitrogens with zero attached hydrogens (tertiary/aromatic N) is 3. The number of rotatable bonds is 4. The standard InChI is InChI=1S/C11H12N4O/c1-2-3-8-16-10-6-4-9(5-7-10)11-12-14-15-13-11/h2-7H,8H2,1H3,(H,12,13,14,15). The van der Waals surface area contributed by atoms with Gasteiger partial charge in [0.2, 0.25) is 5.82 Å². The van der Waals surface area contributed by atoms with Crippen LogP contribution < -0.4 is 4.74 Å². The zero-order chi connectivity index (χ0) is 11.2. The zero-order valence-corrected chi connectivity index (χ0v) is 8.92. The van der Waals surface area contributed by atoms with Gasteiger partial charge in [0.25, 0.3) is 0 Å². The number of hydrogen-bond acceptors (Lipinski definition) is 4. The van der Waals surface area contributed by atoms with E-state index >= 15 is 0 Å². The van der Waals surface area contributed by atoms with Crippen molar-refractivity contribution in [3.63, 3.8) is 0 Å². The molecule has 1 heterocycles. The maximum absolute atomic E-state index is 5.47. The van der Waals surface area contributed by atoms with Crippen molar-refractivity contribution in [3.8, 4) is 17.1 Å². The molecule has 0 saturated carbocycles. The molecule has 0 spiro atoms. The number of tetrazole rings is 1. The van der Waals surface area contributed by atoms with Crippen LogP contribution in [0.15, 0.2) is 36.4 Å². The number of benzene rings is 1. The van der Waals surface area contributed by atoms with Crippen LogP contribution in [-0.2, 0) is 0 Å². The number of hydrogen-bond donors (Lipinski definition) is 1. The molecule has 82 valence electrons. The van der Waals surface area contributed by atoms with Crippen molar-refractivity contribution in [2.45, 2.75) is 6.92 Å². The van der Waals surface area contributed by atoms with Crippen LogP contribution in [0.25, 0.3) is 11.4 Å². The second-order valence-electron chi connectivity index (χ2n) is 3.14. The van der Waals surface area contributed by atoms with Gasteiger partial charge in [-0.3, -0.25) is 0 Å². The van der Waals surface area contributed by atoms with Crippen molar-refractivity contribution in [2.75, 3.05) is 6.61 Å². The van der Waals surface area contributed by atoms with E-state index in [1.807, 2.05) is 43.3 Å². The molecule has 0 unspecified atom stereocenters. The Morgan fingerprint density at radius 2 is 2.12 bits per heavy atom. The third-order valence-electron chi connectivity index (χ3n) is 2.04. The third-order valence-corrected chi connectivity index (χ3v) is 2.04. The number of nitrogens with one attached hydrogen (secondary N) is 1. The molecule has 5 heteroatoms. The van der Waals surface area contributed by atoms with Crippen molar-refractivity contribution in [2.24, 2.45) is 0 Å². The first-order chi connectivity index (χ1) is 7.90. The van der Waals surface area contributed by atoms with Crippen molar-refractivity contribution < 1.29 is 4.74 Å². The number of allylic oxidation sites excluding steroid dienone is 1. The van der Waals surface area contributed by atoms with E-state index < -0.39 is 0 Å². The van der Waals surface area contributed by atoms with Crippen molar-refractivity contribution in [1.29, 1.82) is 0 Å². The number of aromatic nitrogens is 4. The number of ether oxygens (including phenoxy) is 1. The topological polar surface area (TPSA) is 63.7 Å². The van der Waals surface area contributed by atoms with E-state index in [1.165, 1.54) is 0 Å². The van der Waals surface area contributed by atoms with E-state index in [4.69, 9.17) is 4.74 Å². The summed E-state index contributed by atoms with van der Waals surface area (Å²) in [5, 5.41) is 13.7. The minimum Gasteiger partial charge on any atom is -0.490 e. The summed E-state index contributed by atoms with van der Waals surface area (Å²) in [6, 6.07) is 7.57. The lowest BCUT2D eigenvalue weighted by Gasteiger charge is -2.02. The summed E-state index contributed by atoms with van der Waals surface area (Å²) in [4.78, 5) is 0. The molecule has 2 aromatic rings. The molecule has 16 heavy (non-hydrogen) atoms. The monoisotopic (exact) mass is 216 g/mol. The zero-order valence-electron chi connectivity index (χ0n) is 8.92. The van der Waals surface area contributed by atoms with Gasteiger partial charge in [-0.2, -0.15) is 5.21 Å². The normalized spacial score (nSPS) is 10.8. The first-order valence-electron chi connectivity index (χ1n) is 4.98.